The fraction of sp³-hybridized carbons (Fsp3) is 0.278. The number of aromatic nitrogens is 1. The number of para-hydroxylation sites is 1. The molecule has 3 rings (SSSR count). The average Bonchev–Trinajstić information content (AvgIpc) is 3.00. The highest BCUT2D eigenvalue weighted by Gasteiger charge is 2.22. The van der Waals surface area contributed by atoms with Crippen molar-refractivity contribution < 1.29 is 13.2 Å². The topological polar surface area (TPSA) is 56.3 Å². The lowest BCUT2D eigenvalue weighted by Crippen LogP contribution is -2.18. The summed E-state index contributed by atoms with van der Waals surface area (Å²) in [6.07, 6.45) is 0. The summed E-state index contributed by atoms with van der Waals surface area (Å²) in [7, 11) is -3.39. The van der Waals surface area contributed by atoms with Crippen molar-refractivity contribution in [1.82, 2.24) is 4.98 Å². The summed E-state index contributed by atoms with van der Waals surface area (Å²) in [4.78, 5) is 4.26. The Bertz CT molecular complexity index is 871. The zero-order chi connectivity index (χ0) is 17.0. The van der Waals surface area contributed by atoms with Crippen molar-refractivity contribution in [3.8, 4) is 0 Å². The van der Waals surface area contributed by atoms with Crippen LogP contribution in [0.2, 0.25) is 0 Å². The van der Waals surface area contributed by atoms with Crippen LogP contribution < -0.4 is 0 Å². The van der Waals surface area contributed by atoms with Gasteiger partial charge in [-0.15, -0.1) is 11.3 Å². The second-order valence-corrected chi connectivity index (χ2v) is 9.07. The largest absolute Gasteiger partial charge is 0.376 e. The van der Waals surface area contributed by atoms with Gasteiger partial charge < -0.3 is 4.74 Å². The van der Waals surface area contributed by atoms with Crippen LogP contribution in [0.25, 0.3) is 10.2 Å². The van der Waals surface area contributed by atoms with Gasteiger partial charge >= 0.3 is 0 Å². The number of thiazole rings is 1. The van der Waals surface area contributed by atoms with Crippen molar-refractivity contribution in [3.63, 3.8) is 0 Å². The highest BCUT2D eigenvalue weighted by molar-refractivity contribution is 7.93. The molecule has 0 radical (unpaired) electrons. The molecule has 0 amide bonds. The van der Waals surface area contributed by atoms with E-state index in [2.05, 4.69) is 4.98 Å². The van der Waals surface area contributed by atoms with Gasteiger partial charge in [-0.2, -0.15) is 0 Å². The Labute approximate surface area is 146 Å². The number of sulfone groups is 1. The lowest BCUT2D eigenvalue weighted by Gasteiger charge is -2.11. The maximum absolute atomic E-state index is 12.5. The number of benzene rings is 2. The van der Waals surface area contributed by atoms with Crippen LogP contribution in [0.1, 0.15) is 12.5 Å². The Kier molecular flexibility index (Phi) is 5.28. The van der Waals surface area contributed by atoms with Crippen molar-refractivity contribution in [3.05, 3.63) is 60.2 Å². The summed E-state index contributed by atoms with van der Waals surface area (Å²) >= 11 is 1.23. The third kappa shape index (κ3) is 4.20. The van der Waals surface area contributed by atoms with E-state index < -0.39 is 9.84 Å². The molecule has 4 nitrogen and oxygen atoms in total. The third-order valence-corrected chi connectivity index (χ3v) is 7.03. The molecular weight excluding hydrogens is 342 g/mol. The van der Waals surface area contributed by atoms with E-state index in [1.54, 1.807) is 0 Å². The van der Waals surface area contributed by atoms with Gasteiger partial charge in [0.1, 0.15) is 0 Å². The smallest absolute Gasteiger partial charge is 0.210 e. The quantitative estimate of drug-likeness (QED) is 0.640. The first-order valence-electron chi connectivity index (χ1n) is 7.74. The van der Waals surface area contributed by atoms with Gasteiger partial charge in [0.05, 0.1) is 29.2 Å². The van der Waals surface area contributed by atoms with Gasteiger partial charge in [0.15, 0.2) is 0 Å². The predicted molar refractivity (Wildman–Crippen MR) is 96.9 cm³/mol. The normalized spacial score (nSPS) is 13.2. The zero-order valence-corrected chi connectivity index (χ0v) is 15.0. The van der Waals surface area contributed by atoms with E-state index in [-0.39, 0.29) is 16.0 Å². The Hall–Kier alpha value is -1.76. The predicted octanol–water partition coefficient (Wildman–Crippen LogP) is 3.92. The molecule has 2 aromatic carbocycles. The molecule has 0 aliphatic heterocycles. The molecule has 0 N–H and O–H groups in total. The first kappa shape index (κ1) is 17.1. The van der Waals surface area contributed by atoms with E-state index in [9.17, 15) is 8.42 Å². The summed E-state index contributed by atoms with van der Waals surface area (Å²) < 4.78 is 31.8. The minimum atomic E-state index is -3.39. The number of ether oxygens (including phenoxy) is 1. The van der Waals surface area contributed by atoms with E-state index >= 15 is 0 Å². The maximum atomic E-state index is 12.5. The molecule has 24 heavy (non-hydrogen) atoms. The van der Waals surface area contributed by atoms with E-state index in [1.165, 1.54) is 11.3 Å². The highest BCUT2D eigenvalue weighted by Crippen LogP contribution is 2.26. The van der Waals surface area contributed by atoms with E-state index in [0.29, 0.717) is 13.2 Å². The molecule has 1 heterocycles. The fourth-order valence-electron chi connectivity index (χ4n) is 2.43. The van der Waals surface area contributed by atoms with Crippen LogP contribution >= 0.6 is 11.3 Å². The molecule has 0 unspecified atom stereocenters. The van der Waals surface area contributed by atoms with Gasteiger partial charge in [-0.3, -0.25) is 0 Å². The van der Waals surface area contributed by atoms with Crippen molar-refractivity contribution in [2.24, 2.45) is 5.92 Å². The fourth-order valence-corrected chi connectivity index (χ4v) is 5.33. The first-order chi connectivity index (χ1) is 11.5. The van der Waals surface area contributed by atoms with Crippen LogP contribution in [0.15, 0.2) is 58.9 Å². The molecule has 0 saturated carbocycles. The highest BCUT2D eigenvalue weighted by atomic mass is 32.2. The molecule has 3 aromatic rings. The minimum Gasteiger partial charge on any atom is -0.376 e. The Morgan fingerprint density at radius 3 is 2.54 bits per heavy atom. The monoisotopic (exact) mass is 361 g/mol. The van der Waals surface area contributed by atoms with Crippen LogP contribution in [0, 0.1) is 5.92 Å². The number of nitrogens with zero attached hydrogens (tertiary/aromatic N) is 1. The molecule has 1 atom stereocenters. The van der Waals surface area contributed by atoms with Crippen molar-refractivity contribution in [2.75, 3.05) is 12.4 Å². The Morgan fingerprint density at radius 1 is 1.08 bits per heavy atom. The van der Waals surface area contributed by atoms with Crippen LogP contribution in [-0.2, 0) is 21.2 Å². The molecule has 0 spiro atoms. The first-order valence-corrected chi connectivity index (χ1v) is 10.2. The summed E-state index contributed by atoms with van der Waals surface area (Å²) in [6, 6.07) is 17.3. The lowest BCUT2D eigenvalue weighted by molar-refractivity contribution is 0.0978. The van der Waals surface area contributed by atoms with Crippen LogP contribution in [-0.4, -0.2) is 25.8 Å². The SMILES string of the molecule is C[C@H](COCc1ccccc1)CS(=O)(=O)c1nc2ccccc2s1. The Balaban J connectivity index is 1.59. The minimum absolute atomic E-state index is 0.0433. The lowest BCUT2D eigenvalue weighted by atomic mass is 10.2. The number of rotatable bonds is 7. The van der Waals surface area contributed by atoms with Crippen LogP contribution in [0.5, 0.6) is 0 Å². The van der Waals surface area contributed by atoms with Gasteiger partial charge in [0, 0.05) is 0 Å². The molecule has 126 valence electrons. The standard InChI is InChI=1S/C18H19NO3S2/c1-14(11-22-12-15-7-3-2-4-8-15)13-24(20,21)18-19-16-9-5-6-10-17(16)23-18/h2-10,14H,11-13H2,1H3/t14-/m1/s1. The van der Waals surface area contributed by atoms with Gasteiger partial charge in [0.25, 0.3) is 0 Å². The van der Waals surface area contributed by atoms with Crippen molar-refractivity contribution in [2.45, 2.75) is 17.9 Å². The van der Waals surface area contributed by atoms with Gasteiger partial charge in [-0.1, -0.05) is 49.4 Å². The molecule has 0 aliphatic rings. The zero-order valence-electron chi connectivity index (χ0n) is 13.4. The molecule has 0 saturated heterocycles. The molecule has 0 fully saturated rings. The van der Waals surface area contributed by atoms with Crippen molar-refractivity contribution >= 4 is 31.4 Å². The van der Waals surface area contributed by atoms with Crippen LogP contribution in [0.4, 0.5) is 0 Å². The van der Waals surface area contributed by atoms with E-state index in [0.717, 1.165) is 15.8 Å². The second kappa shape index (κ2) is 7.42. The summed E-state index contributed by atoms with van der Waals surface area (Å²) in [5.74, 6) is -0.0487. The van der Waals surface area contributed by atoms with E-state index in [1.807, 2.05) is 61.5 Å². The Morgan fingerprint density at radius 2 is 1.79 bits per heavy atom. The molecule has 6 heteroatoms. The van der Waals surface area contributed by atoms with Gasteiger partial charge in [0.2, 0.25) is 14.2 Å². The molecule has 0 bridgehead atoms. The summed E-state index contributed by atoms with van der Waals surface area (Å²) in [6.45, 7) is 2.78. The number of fused-ring (bicyclic) bond motifs is 1. The van der Waals surface area contributed by atoms with E-state index in [4.69, 9.17) is 4.74 Å². The second-order valence-electron chi connectivity index (χ2n) is 5.83. The average molecular weight is 361 g/mol. The van der Waals surface area contributed by atoms with Crippen molar-refractivity contribution in [1.29, 1.82) is 0 Å². The maximum Gasteiger partial charge on any atom is 0.210 e. The number of hydrogen-bond donors (Lipinski definition) is 0. The summed E-state index contributed by atoms with van der Waals surface area (Å²) in [5, 5.41) is 0. The van der Waals surface area contributed by atoms with Gasteiger partial charge in [-0.05, 0) is 23.6 Å². The van der Waals surface area contributed by atoms with Gasteiger partial charge in [-0.25, -0.2) is 13.4 Å². The summed E-state index contributed by atoms with van der Waals surface area (Å²) in [5.41, 5.74) is 1.81. The van der Waals surface area contributed by atoms with Crippen LogP contribution in [0.3, 0.4) is 0 Å². The third-order valence-electron chi connectivity index (χ3n) is 3.56. The molecule has 0 aliphatic carbocycles. The molecule has 1 aromatic heterocycles. The molecular formula is C18H19NO3S2. The number of hydrogen-bond acceptors (Lipinski definition) is 5.